The molecule has 0 unspecified atom stereocenters. The number of rotatable bonds is 1. The third-order valence-electron chi connectivity index (χ3n) is 4.23. The maximum absolute atomic E-state index is 12.2. The monoisotopic (exact) mass is 373 g/mol. The molecule has 0 spiro atoms. The Hall–Kier alpha value is -0.525. The highest BCUT2D eigenvalue weighted by Gasteiger charge is 2.54. The van der Waals surface area contributed by atoms with E-state index in [2.05, 4.69) is 15.9 Å². The number of halogens is 1. The summed E-state index contributed by atoms with van der Waals surface area (Å²) in [5, 5.41) is 0. The largest absolute Gasteiger partial charge is 0.493 e. The van der Waals surface area contributed by atoms with Crippen LogP contribution in [0, 0.1) is 0 Å². The van der Waals surface area contributed by atoms with Gasteiger partial charge in [-0.25, -0.2) is 4.79 Å². The lowest BCUT2D eigenvalue weighted by atomic mass is 9.79. The van der Waals surface area contributed by atoms with Crippen molar-refractivity contribution in [3.05, 3.63) is 9.95 Å². The van der Waals surface area contributed by atoms with Gasteiger partial charge in [0, 0.05) is 11.0 Å². The van der Waals surface area contributed by atoms with Crippen LogP contribution >= 0.6 is 15.9 Å². The highest BCUT2D eigenvalue weighted by Crippen LogP contribution is 2.40. The van der Waals surface area contributed by atoms with Crippen molar-refractivity contribution in [2.45, 2.75) is 65.3 Å². The van der Waals surface area contributed by atoms with Crippen molar-refractivity contribution >= 4 is 29.1 Å². The summed E-state index contributed by atoms with van der Waals surface area (Å²) >= 11 is 3.55. The van der Waals surface area contributed by atoms with Crippen molar-refractivity contribution in [2.24, 2.45) is 0 Å². The number of ether oxygens (including phenoxy) is 1. The fourth-order valence-corrected chi connectivity index (χ4v) is 2.87. The lowest BCUT2D eigenvalue weighted by molar-refractivity contribution is 0.00578. The van der Waals surface area contributed by atoms with Gasteiger partial charge in [-0.15, -0.1) is 0 Å². The van der Waals surface area contributed by atoms with Crippen LogP contribution in [0.25, 0.3) is 0 Å². The molecule has 0 bridgehead atoms. The van der Waals surface area contributed by atoms with Gasteiger partial charge >= 0.3 is 13.2 Å². The van der Waals surface area contributed by atoms with E-state index in [1.165, 1.54) is 0 Å². The molecule has 22 heavy (non-hydrogen) atoms. The Kier molecular flexibility index (Phi) is 4.48. The predicted octanol–water partition coefficient (Wildman–Crippen LogP) is 3.52. The third kappa shape index (κ3) is 3.52. The van der Waals surface area contributed by atoms with Crippen molar-refractivity contribution in [1.82, 2.24) is 4.90 Å². The molecule has 1 saturated heterocycles. The minimum Gasteiger partial charge on any atom is -0.444 e. The smallest absolute Gasteiger partial charge is 0.444 e. The third-order valence-corrected chi connectivity index (χ3v) is 4.99. The molecular formula is C15H25BBrNO4. The molecule has 2 heterocycles. The van der Waals surface area contributed by atoms with Gasteiger partial charge in [0.15, 0.2) is 0 Å². The van der Waals surface area contributed by atoms with Gasteiger partial charge in [0.1, 0.15) is 5.60 Å². The summed E-state index contributed by atoms with van der Waals surface area (Å²) in [6, 6.07) is 0. The molecule has 0 N–H and O–H groups in total. The van der Waals surface area contributed by atoms with Gasteiger partial charge in [0.05, 0.1) is 17.7 Å². The molecule has 0 aromatic heterocycles. The average molecular weight is 374 g/mol. The van der Waals surface area contributed by atoms with E-state index in [0.29, 0.717) is 13.1 Å². The molecule has 7 heteroatoms. The molecule has 5 nitrogen and oxygen atoms in total. The van der Waals surface area contributed by atoms with Gasteiger partial charge in [0.25, 0.3) is 0 Å². The molecule has 0 aromatic rings. The lowest BCUT2D eigenvalue weighted by Crippen LogP contribution is -2.41. The first-order valence-corrected chi connectivity index (χ1v) is 8.33. The van der Waals surface area contributed by atoms with Crippen LogP contribution < -0.4 is 0 Å². The SMILES string of the molecule is CC(C)(C)OC(=O)N1CC(Br)=C(B2OC(C)(C)C(C)(C)O2)C1. The standard InChI is InChI=1S/C15H25BBrNO4/c1-13(2,3)20-12(19)18-8-10(11(17)9-18)16-21-14(4,5)15(6,7)22-16/h8-9H2,1-7H3. The van der Waals surface area contributed by atoms with Crippen molar-refractivity contribution in [3.8, 4) is 0 Å². The highest BCUT2D eigenvalue weighted by molar-refractivity contribution is 9.11. The van der Waals surface area contributed by atoms with Gasteiger partial charge in [0.2, 0.25) is 0 Å². The first kappa shape index (κ1) is 17.8. The van der Waals surface area contributed by atoms with E-state index in [-0.39, 0.29) is 6.09 Å². The number of carbonyl (C=O) groups is 1. The van der Waals surface area contributed by atoms with Crippen LogP contribution in [0.2, 0.25) is 0 Å². The number of amides is 1. The van der Waals surface area contributed by atoms with Crippen molar-refractivity contribution in [1.29, 1.82) is 0 Å². The molecule has 0 aliphatic carbocycles. The number of hydrogen-bond donors (Lipinski definition) is 0. The second-order valence-corrected chi connectivity index (χ2v) is 8.81. The normalized spacial score (nSPS) is 24.2. The van der Waals surface area contributed by atoms with E-state index in [4.69, 9.17) is 14.0 Å². The van der Waals surface area contributed by atoms with E-state index in [0.717, 1.165) is 9.95 Å². The van der Waals surface area contributed by atoms with E-state index in [1.54, 1.807) is 4.90 Å². The molecule has 1 fully saturated rings. The second-order valence-electron chi connectivity index (χ2n) is 7.85. The van der Waals surface area contributed by atoms with Crippen LogP contribution in [0.3, 0.4) is 0 Å². The Bertz CT molecular complexity index is 494. The van der Waals surface area contributed by atoms with Crippen LogP contribution in [0.1, 0.15) is 48.5 Å². The zero-order valence-electron chi connectivity index (χ0n) is 14.4. The Morgan fingerprint density at radius 1 is 1.18 bits per heavy atom. The molecule has 2 rings (SSSR count). The zero-order valence-corrected chi connectivity index (χ0v) is 16.0. The Labute approximate surface area is 141 Å². The van der Waals surface area contributed by atoms with E-state index in [9.17, 15) is 4.79 Å². The molecular weight excluding hydrogens is 349 g/mol. The summed E-state index contributed by atoms with van der Waals surface area (Å²) in [6.45, 7) is 14.6. The van der Waals surface area contributed by atoms with Crippen LogP contribution in [0.5, 0.6) is 0 Å². The fraction of sp³-hybridized carbons (Fsp3) is 0.800. The Morgan fingerprint density at radius 3 is 2.14 bits per heavy atom. The molecule has 0 radical (unpaired) electrons. The van der Waals surface area contributed by atoms with Gasteiger partial charge in [-0.2, -0.15) is 0 Å². The van der Waals surface area contributed by atoms with Crippen LogP contribution in [0.15, 0.2) is 9.95 Å². The van der Waals surface area contributed by atoms with Gasteiger partial charge in [-0.3, -0.25) is 4.90 Å². The summed E-state index contributed by atoms with van der Waals surface area (Å²) in [5.74, 6) is 0. The van der Waals surface area contributed by atoms with Gasteiger partial charge in [-0.05, 0) is 53.9 Å². The van der Waals surface area contributed by atoms with E-state index in [1.807, 2.05) is 48.5 Å². The Morgan fingerprint density at radius 2 is 1.68 bits per heavy atom. The summed E-state index contributed by atoms with van der Waals surface area (Å²) < 4.78 is 18.5. The van der Waals surface area contributed by atoms with Crippen LogP contribution in [0.4, 0.5) is 4.79 Å². The van der Waals surface area contributed by atoms with Crippen molar-refractivity contribution in [2.75, 3.05) is 13.1 Å². The summed E-state index contributed by atoms with van der Waals surface area (Å²) in [5.41, 5.74) is -0.338. The van der Waals surface area contributed by atoms with Gasteiger partial charge < -0.3 is 14.0 Å². The number of nitrogens with zero attached hydrogens (tertiary/aromatic N) is 1. The lowest BCUT2D eigenvalue weighted by Gasteiger charge is -2.32. The van der Waals surface area contributed by atoms with Crippen LogP contribution in [-0.2, 0) is 14.0 Å². The molecule has 0 aromatic carbocycles. The maximum atomic E-state index is 12.2. The van der Waals surface area contributed by atoms with Gasteiger partial charge in [-0.1, -0.05) is 15.9 Å². The molecule has 124 valence electrons. The number of carbonyl (C=O) groups excluding carboxylic acids is 1. The van der Waals surface area contributed by atoms with Crippen molar-refractivity contribution < 1.29 is 18.8 Å². The van der Waals surface area contributed by atoms with E-state index < -0.39 is 23.9 Å². The average Bonchev–Trinajstić information content (AvgIpc) is 2.75. The first-order valence-electron chi connectivity index (χ1n) is 7.53. The first-order chi connectivity index (χ1) is 9.82. The molecule has 0 atom stereocenters. The van der Waals surface area contributed by atoms with Crippen molar-refractivity contribution in [3.63, 3.8) is 0 Å². The molecule has 0 saturated carbocycles. The minimum atomic E-state index is -0.503. The summed E-state index contributed by atoms with van der Waals surface area (Å²) in [6.07, 6.45) is -0.323. The minimum absolute atomic E-state index is 0.323. The summed E-state index contributed by atoms with van der Waals surface area (Å²) in [7, 11) is -0.438. The molecule has 2 aliphatic heterocycles. The molecule has 1 amide bonds. The van der Waals surface area contributed by atoms with E-state index >= 15 is 0 Å². The molecule has 2 aliphatic rings. The highest BCUT2D eigenvalue weighted by atomic mass is 79.9. The maximum Gasteiger partial charge on any atom is 0.493 e. The summed E-state index contributed by atoms with van der Waals surface area (Å²) in [4.78, 5) is 13.8. The quantitative estimate of drug-likeness (QED) is 0.660. The predicted molar refractivity (Wildman–Crippen MR) is 89.8 cm³/mol. The zero-order chi connectivity index (χ0) is 16.9. The second kappa shape index (κ2) is 5.53. The number of hydrogen-bond acceptors (Lipinski definition) is 4. The van der Waals surface area contributed by atoms with Crippen LogP contribution in [-0.4, -0.2) is 48.0 Å². The topological polar surface area (TPSA) is 48.0 Å². The Balaban J connectivity index is 2.06. The fourth-order valence-electron chi connectivity index (χ4n) is 2.26.